The number of hydrogen-bond acceptors (Lipinski definition) is 4. The van der Waals surface area contributed by atoms with Gasteiger partial charge in [-0.25, -0.2) is 8.78 Å². The molecule has 24 heavy (non-hydrogen) atoms. The monoisotopic (exact) mass is 338 g/mol. The number of nitrogens with one attached hydrogen (secondary N) is 1. The smallest absolute Gasteiger partial charge is 0.306 e. The average molecular weight is 338 g/mol. The molecule has 2 rings (SSSR count). The number of benzene rings is 1. The predicted molar refractivity (Wildman–Crippen MR) is 81.0 cm³/mol. The molecule has 0 aliphatic rings. The molecule has 0 fully saturated rings. The van der Waals surface area contributed by atoms with E-state index in [0.717, 1.165) is 24.4 Å². The van der Waals surface area contributed by atoms with E-state index in [1.165, 1.54) is 10.9 Å². The molecular weight excluding hydrogens is 322 g/mol. The van der Waals surface area contributed by atoms with Gasteiger partial charge in [0, 0.05) is 18.5 Å². The van der Waals surface area contributed by atoms with Gasteiger partial charge in [0.15, 0.2) is 0 Å². The number of aromatic nitrogens is 2. The van der Waals surface area contributed by atoms with Crippen molar-refractivity contribution in [2.24, 2.45) is 0 Å². The van der Waals surface area contributed by atoms with E-state index in [2.05, 4.69) is 10.4 Å². The van der Waals surface area contributed by atoms with E-state index in [-0.39, 0.29) is 30.1 Å². The van der Waals surface area contributed by atoms with Crippen molar-refractivity contribution in [3.05, 3.63) is 57.9 Å². The summed E-state index contributed by atoms with van der Waals surface area (Å²) in [6, 6.07) is 2.43. The van der Waals surface area contributed by atoms with Gasteiger partial charge in [-0.15, -0.1) is 0 Å². The Labute approximate surface area is 136 Å². The maximum absolute atomic E-state index is 13.8. The lowest BCUT2D eigenvalue weighted by molar-refractivity contribution is -0.385. The molecule has 1 heterocycles. The first kappa shape index (κ1) is 17.5. The van der Waals surface area contributed by atoms with Gasteiger partial charge in [-0.3, -0.25) is 19.6 Å². The van der Waals surface area contributed by atoms with Crippen LogP contribution in [0.1, 0.15) is 31.4 Å². The van der Waals surface area contributed by atoms with E-state index in [0.29, 0.717) is 6.42 Å². The van der Waals surface area contributed by atoms with E-state index >= 15 is 0 Å². The Balaban J connectivity index is 1.96. The highest BCUT2D eigenvalue weighted by Gasteiger charge is 2.17. The van der Waals surface area contributed by atoms with Crippen molar-refractivity contribution >= 4 is 11.6 Å². The van der Waals surface area contributed by atoms with E-state index in [1.807, 2.05) is 0 Å². The van der Waals surface area contributed by atoms with Crippen LogP contribution in [0.5, 0.6) is 0 Å². The topological polar surface area (TPSA) is 90.1 Å². The zero-order valence-corrected chi connectivity index (χ0v) is 12.9. The Morgan fingerprint density at radius 1 is 1.46 bits per heavy atom. The molecule has 0 saturated carbocycles. The summed E-state index contributed by atoms with van der Waals surface area (Å²) in [5, 5.41) is 17.0. The molecule has 1 aromatic heterocycles. The molecule has 0 unspecified atom stereocenters. The number of aryl methyl sites for hydroxylation is 1. The molecule has 9 heteroatoms. The number of rotatable bonds is 7. The van der Waals surface area contributed by atoms with Gasteiger partial charge < -0.3 is 5.32 Å². The molecule has 2 aromatic rings. The molecule has 0 saturated heterocycles. The molecule has 1 atom stereocenters. The highest BCUT2D eigenvalue weighted by molar-refractivity contribution is 5.76. The molecule has 1 aromatic carbocycles. The fraction of sp³-hybridized carbons (Fsp3) is 0.333. The number of nitrogens with zero attached hydrogens (tertiary/aromatic N) is 3. The van der Waals surface area contributed by atoms with Crippen LogP contribution >= 0.6 is 0 Å². The minimum atomic E-state index is -0.653. The molecule has 0 bridgehead atoms. The Morgan fingerprint density at radius 2 is 2.21 bits per heavy atom. The highest BCUT2D eigenvalue weighted by atomic mass is 19.1. The number of carbonyl (C=O) groups excluding carboxylic acids is 1. The van der Waals surface area contributed by atoms with Crippen LogP contribution in [0.25, 0.3) is 0 Å². The first-order chi connectivity index (χ1) is 11.4. The normalized spacial score (nSPS) is 12.0. The second-order valence-corrected chi connectivity index (χ2v) is 5.16. The number of amides is 1. The lowest BCUT2D eigenvalue weighted by Crippen LogP contribution is -2.29. The fourth-order valence-corrected chi connectivity index (χ4v) is 2.23. The molecule has 128 valence electrons. The Morgan fingerprint density at radius 3 is 2.83 bits per heavy atom. The highest BCUT2D eigenvalue weighted by Crippen LogP contribution is 2.21. The summed E-state index contributed by atoms with van der Waals surface area (Å²) in [7, 11) is 0. The minimum Gasteiger partial charge on any atom is -0.349 e. The second-order valence-electron chi connectivity index (χ2n) is 5.16. The van der Waals surface area contributed by atoms with Crippen molar-refractivity contribution in [3.63, 3.8) is 0 Å². The van der Waals surface area contributed by atoms with Crippen molar-refractivity contribution < 1.29 is 18.5 Å². The maximum atomic E-state index is 13.8. The molecule has 7 nitrogen and oxygen atoms in total. The van der Waals surface area contributed by atoms with Crippen molar-refractivity contribution in [3.8, 4) is 0 Å². The predicted octanol–water partition coefficient (Wildman–Crippen LogP) is 2.73. The van der Waals surface area contributed by atoms with Gasteiger partial charge in [0.25, 0.3) is 0 Å². The summed E-state index contributed by atoms with van der Waals surface area (Å²) in [6.45, 7) is 1.88. The zero-order chi connectivity index (χ0) is 17.7. The summed E-state index contributed by atoms with van der Waals surface area (Å²) in [6.07, 6.45) is 2.71. The van der Waals surface area contributed by atoms with E-state index in [9.17, 15) is 23.7 Å². The summed E-state index contributed by atoms with van der Waals surface area (Å²) < 4.78 is 28.3. The van der Waals surface area contributed by atoms with Gasteiger partial charge in [-0.2, -0.15) is 5.10 Å². The van der Waals surface area contributed by atoms with Gasteiger partial charge >= 0.3 is 5.69 Å². The standard InChI is InChI=1S/C15H16F2N4O3/c1-2-14(12-7-10(16)3-4-13(12)17)19-15(22)5-6-20-9-11(8-18-20)21(23)24/h3-4,7-9,14H,2,5-6H2,1H3,(H,19,22)/t14-/m0/s1. The van der Waals surface area contributed by atoms with Gasteiger partial charge in [-0.1, -0.05) is 6.92 Å². The fourth-order valence-electron chi connectivity index (χ4n) is 2.23. The average Bonchev–Trinajstić information content (AvgIpc) is 3.02. The first-order valence-electron chi connectivity index (χ1n) is 7.32. The van der Waals surface area contributed by atoms with Gasteiger partial charge in [-0.05, 0) is 24.6 Å². The van der Waals surface area contributed by atoms with Gasteiger partial charge in [0.05, 0.1) is 11.0 Å². The van der Waals surface area contributed by atoms with Crippen LogP contribution in [0.2, 0.25) is 0 Å². The lowest BCUT2D eigenvalue weighted by Gasteiger charge is -2.18. The summed E-state index contributed by atoms with van der Waals surface area (Å²) in [4.78, 5) is 22.0. The first-order valence-corrected chi connectivity index (χ1v) is 7.32. The Hall–Kier alpha value is -2.84. The largest absolute Gasteiger partial charge is 0.349 e. The Kier molecular flexibility index (Phi) is 5.56. The van der Waals surface area contributed by atoms with Crippen molar-refractivity contribution in [1.82, 2.24) is 15.1 Å². The van der Waals surface area contributed by atoms with Crippen LogP contribution in [0, 0.1) is 21.7 Å². The van der Waals surface area contributed by atoms with Crippen LogP contribution in [-0.2, 0) is 11.3 Å². The number of halogens is 2. The maximum Gasteiger partial charge on any atom is 0.306 e. The molecule has 0 radical (unpaired) electrons. The van der Waals surface area contributed by atoms with Crippen LogP contribution < -0.4 is 5.32 Å². The zero-order valence-electron chi connectivity index (χ0n) is 12.9. The third-order valence-electron chi connectivity index (χ3n) is 3.48. The van der Waals surface area contributed by atoms with E-state index < -0.39 is 22.6 Å². The van der Waals surface area contributed by atoms with Crippen LogP contribution in [0.4, 0.5) is 14.5 Å². The molecule has 0 aliphatic heterocycles. The Bertz CT molecular complexity index is 748. The van der Waals surface area contributed by atoms with Gasteiger partial charge in [0.2, 0.25) is 5.91 Å². The lowest BCUT2D eigenvalue weighted by atomic mass is 10.0. The number of hydrogen-bond donors (Lipinski definition) is 1. The third-order valence-corrected chi connectivity index (χ3v) is 3.48. The van der Waals surface area contributed by atoms with Crippen molar-refractivity contribution in [2.75, 3.05) is 0 Å². The van der Waals surface area contributed by atoms with E-state index in [1.54, 1.807) is 6.92 Å². The minimum absolute atomic E-state index is 0.00622. The van der Waals surface area contributed by atoms with Crippen LogP contribution in [0.3, 0.4) is 0 Å². The quantitative estimate of drug-likeness (QED) is 0.621. The SMILES string of the molecule is CC[C@H](NC(=O)CCn1cc([N+](=O)[O-])cn1)c1cc(F)ccc1F. The number of nitro groups is 1. The van der Waals surface area contributed by atoms with Crippen LogP contribution in [-0.4, -0.2) is 20.6 Å². The van der Waals surface area contributed by atoms with Crippen molar-refractivity contribution in [1.29, 1.82) is 0 Å². The molecule has 0 spiro atoms. The summed E-state index contributed by atoms with van der Waals surface area (Å²) in [5.74, 6) is -1.56. The van der Waals surface area contributed by atoms with Gasteiger partial charge in [0.1, 0.15) is 24.0 Å². The number of carbonyl (C=O) groups is 1. The summed E-state index contributed by atoms with van der Waals surface area (Å²) in [5.41, 5.74) is -0.0794. The van der Waals surface area contributed by atoms with E-state index in [4.69, 9.17) is 0 Å². The molecular formula is C15H16F2N4O3. The molecule has 1 amide bonds. The second kappa shape index (κ2) is 7.62. The molecule has 1 N–H and O–H groups in total. The van der Waals surface area contributed by atoms with Crippen LogP contribution in [0.15, 0.2) is 30.6 Å². The summed E-state index contributed by atoms with van der Waals surface area (Å²) >= 11 is 0. The van der Waals surface area contributed by atoms with Crippen molar-refractivity contribution in [2.45, 2.75) is 32.4 Å². The molecule has 0 aliphatic carbocycles. The third kappa shape index (κ3) is 4.34.